The summed E-state index contributed by atoms with van der Waals surface area (Å²) in [4.78, 5) is 23.5. The standard InChI is InChI=1S/C25H36N2.C2H2O4/c1-22(2)12-11-17-25(26-18-9-10-19-26)21-27(24-15-7-4-8-16-24)20-23-13-5-3-6-14-23;3-1(4)2(5)6/h3-8,13-16,22,25H,9-12,17-21H2,1-2H3;(H,3,4)(H,5,6). The van der Waals surface area contributed by atoms with Crippen LogP contribution in [0.3, 0.4) is 0 Å². The zero-order valence-electron chi connectivity index (χ0n) is 19.9. The van der Waals surface area contributed by atoms with Crippen molar-refractivity contribution in [3.8, 4) is 0 Å². The Balaban J connectivity index is 0.000000569. The van der Waals surface area contributed by atoms with Crippen LogP contribution in [0, 0.1) is 5.92 Å². The third-order valence-corrected chi connectivity index (χ3v) is 5.93. The third-order valence-electron chi connectivity index (χ3n) is 5.93. The average Bonchev–Trinajstić information content (AvgIpc) is 3.34. The number of carboxylic acid groups (broad SMARTS) is 2. The zero-order chi connectivity index (χ0) is 24.1. The number of hydrogen-bond acceptors (Lipinski definition) is 4. The molecule has 1 fully saturated rings. The minimum Gasteiger partial charge on any atom is -0.473 e. The minimum absolute atomic E-state index is 0.662. The molecule has 1 aliphatic rings. The highest BCUT2D eigenvalue weighted by atomic mass is 16.4. The van der Waals surface area contributed by atoms with Gasteiger partial charge in [0.1, 0.15) is 0 Å². The van der Waals surface area contributed by atoms with Crippen LogP contribution in [-0.2, 0) is 16.1 Å². The van der Waals surface area contributed by atoms with Crippen LogP contribution < -0.4 is 4.90 Å². The maximum atomic E-state index is 9.10. The highest BCUT2D eigenvalue weighted by molar-refractivity contribution is 6.27. The molecular weight excluding hydrogens is 416 g/mol. The third kappa shape index (κ3) is 10.1. The molecule has 1 heterocycles. The molecule has 180 valence electrons. The predicted octanol–water partition coefficient (Wildman–Crippen LogP) is 5.14. The van der Waals surface area contributed by atoms with Gasteiger partial charge in [-0.05, 0) is 56.0 Å². The summed E-state index contributed by atoms with van der Waals surface area (Å²) in [5.74, 6) is -2.84. The fourth-order valence-corrected chi connectivity index (χ4v) is 4.22. The van der Waals surface area contributed by atoms with Crippen molar-refractivity contribution in [3.63, 3.8) is 0 Å². The number of rotatable bonds is 10. The molecule has 0 spiro atoms. The second-order valence-electron chi connectivity index (χ2n) is 9.03. The van der Waals surface area contributed by atoms with Crippen LogP contribution in [0.25, 0.3) is 0 Å². The van der Waals surface area contributed by atoms with Crippen LogP contribution in [0.1, 0.15) is 51.5 Å². The lowest BCUT2D eigenvalue weighted by Gasteiger charge is -2.35. The lowest BCUT2D eigenvalue weighted by molar-refractivity contribution is -0.159. The van der Waals surface area contributed by atoms with Crippen molar-refractivity contribution < 1.29 is 19.8 Å². The van der Waals surface area contributed by atoms with Crippen LogP contribution in [0.2, 0.25) is 0 Å². The van der Waals surface area contributed by atoms with Gasteiger partial charge in [-0.1, -0.05) is 75.2 Å². The van der Waals surface area contributed by atoms with Gasteiger partial charge >= 0.3 is 11.9 Å². The summed E-state index contributed by atoms with van der Waals surface area (Å²) >= 11 is 0. The molecule has 2 N–H and O–H groups in total. The van der Waals surface area contributed by atoms with Crippen molar-refractivity contribution in [2.24, 2.45) is 5.92 Å². The molecule has 33 heavy (non-hydrogen) atoms. The van der Waals surface area contributed by atoms with Gasteiger partial charge in [-0.2, -0.15) is 0 Å². The Morgan fingerprint density at radius 1 is 0.879 bits per heavy atom. The molecule has 6 heteroatoms. The van der Waals surface area contributed by atoms with Crippen molar-refractivity contribution in [3.05, 3.63) is 66.2 Å². The average molecular weight is 455 g/mol. The maximum absolute atomic E-state index is 9.10. The van der Waals surface area contributed by atoms with Gasteiger partial charge in [-0.25, -0.2) is 9.59 Å². The van der Waals surface area contributed by atoms with Crippen LogP contribution in [0.15, 0.2) is 60.7 Å². The molecule has 1 saturated heterocycles. The lowest BCUT2D eigenvalue weighted by atomic mass is 10.0. The van der Waals surface area contributed by atoms with Crippen molar-refractivity contribution in [1.82, 2.24) is 4.90 Å². The van der Waals surface area contributed by atoms with E-state index in [2.05, 4.69) is 84.3 Å². The van der Waals surface area contributed by atoms with E-state index in [9.17, 15) is 0 Å². The van der Waals surface area contributed by atoms with Crippen molar-refractivity contribution in [2.45, 2.75) is 58.5 Å². The van der Waals surface area contributed by atoms with Gasteiger partial charge in [0.15, 0.2) is 0 Å². The lowest BCUT2D eigenvalue weighted by Crippen LogP contribution is -2.42. The predicted molar refractivity (Wildman–Crippen MR) is 132 cm³/mol. The second kappa shape index (κ2) is 14.3. The molecule has 0 amide bonds. The number of nitrogens with zero attached hydrogens (tertiary/aromatic N) is 2. The Morgan fingerprint density at radius 2 is 1.42 bits per heavy atom. The van der Waals surface area contributed by atoms with Crippen molar-refractivity contribution in [2.75, 3.05) is 24.5 Å². The topological polar surface area (TPSA) is 81.1 Å². The summed E-state index contributed by atoms with van der Waals surface area (Å²) in [5.41, 5.74) is 2.73. The first-order valence-electron chi connectivity index (χ1n) is 11.9. The first-order chi connectivity index (χ1) is 15.9. The molecule has 1 unspecified atom stereocenters. The molecule has 0 radical (unpaired) electrons. The molecular formula is C27H38N2O4. The van der Waals surface area contributed by atoms with E-state index >= 15 is 0 Å². The number of hydrogen-bond donors (Lipinski definition) is 2. The quantitative estimate of drug-likeness (QED) is 0.484. The van der Waals surface area contributed by atoms with Crippen LogP contribution in [0.4, 0.5) is 5.69 Å². The maximum Gasteiger partial charge on any atom is 0.414 e. The smallest absolute Gasteiger partial charge is 0.414 e. The fraction of sp³-hybridized carbons (Fsp3) is 0.481. The van der Waals surface area contributed by atoms with Gasteiger partial charge < -0.3 is 15.1 Å². The SMILES string of the molecule is CC(C)CCCC(CN(Cc1ccccc1)c1ccccc1)N1CCCC1.O=C(O)C(=O)O. The normalized spacial score (nSPS) is 14.4. The summed E-state index contributed by atoms with van der Waals surface area (Å²) in [6.45, 7) is 9.35. The number of para-hydroxylation sites is 1. The number of anilines is 1. The molecule has 0 saturated carbocycles. The molecule has 2 aromatic carbocycles. The van der Waals surface area contributed by atoms with E-state index in [1.807, 2.05) is 0 Å². The van der Waals surface area contributed by atoms with E-state index in [0.29, 0.717) is 6.04 Å². The highest BCUT2D eigenvalue weighted by Gasteiger charge is 2.24. The molecule has 1 atom stereocenters. The molecule has 0 aromatic heterocycles. The molecule has 3 rings (SSSR count). The largest absolute Gasteiger partial charge is 0.473 e. The van der Waals surface area contributed by atoms with Gasteiger partial charge in [0.25, 0.3) is 0 Å². The van der Waals surface area contributed by atoms with E-state index in [1.54, 1.807) is 0 Å². The summed E-state index contributed by atoms with van der Waals surface area (Å²) in [5, 5.41) is 14.8. The van der Waals surface area contributed by atoms with E-state index in [4.69, 9.17) is 19.8 Å². The number of benzene rings is 2. The first-order valence-corrected chi connectivity index (χ1v) is 11.9. The Labute approximate surface area is 197 Å². The Kier molecular flexibility index (Phi) is 11.5. The van der Waals surface area contributed by atoms with E-state index in [1.165, 1.54) is 56.4 Å². The molecule has 6 nitrogen and oxygen atoms in total. The number of carbonyl (C=O) groups is 2. The Bertz CT molecular complexity index is 809. The molecule has 2 aromatic rings. The number of carboxylic acids is 2. The van der Waals surface area contributed by atoms with Crippen LogP contribution >= 0.6 is 0 Å². The minimum atomic E-state index is -1.82. The van der Waals surface area contributed by atoms with Gasteiger partial charge in [0, 0.05) is 24.8 Å². The monoisotopic (exact) mass is 454 g/mol. The number of aliphatic carboxylic acids is 2. The Morgan fingerprint density at radius 3 is 1.94 bits per heavy atom. The number of likely N-dealkylation sites (tertiary alicyclic amines) is 1. The van der Waals surface area contributed by atoms with Gasteiger partial charge in [0.2, 0.25) is 0 Å². The van der Waals surface area contributed by atoms with Crippen molar-refractivity contribution in [1.29, 1.82) is 0 Å². The highest BCUT2D eigenvalue weighted by Crippen LogP contribution is 2.23. The fourth-order valence-electron chi connectivity index (χ4n) is 4.22. The first kappa shape index (κ1) is 26.4. The molecule has 0 aliphatic carbocycles. The zero-order valence-corrected chi connectivity index (χ0v) is 19.9. The summed E-state index contributed by atoms with van der Waals surface area (Å²) in [6.07, 6.45) is 6.73. The van der Waals surface area contributed by atoms with Gasteiger partial charge in [-0.15, -0.1) is 0 Å². The van der Waals surface area contributed by atoms with Crippen LogP contribution in [-0.4, -0.2) is 52.7 Å². The summed E-state index contributed by atoms with van der Waals surface area (Å²) < 4.78 is 0. The van der Waals surface area contributed by atoms with E-state index < -0.39 is 11.9 Å². The van der Waals surface area contributed by atoms with Gasteiger partial charge in [-0.3, -0.25) is 4.90 Å². The van der Waals surface area contributed by atoms with E-state index in [0.717, 1.165) is 19.0 Å². The molecule has 0 bridgehead atoms. The van der Waals surface area contributed by atoms with E-state index in [-0.39, 0.29) is 0 Å². The van der Waals surface area contributed by atoms with Crippen molar-refractivity contribution >= 4 is 17.6 Å². The Hall–Kier alpha value is -2.86. The van der Waals surface area contributed by atoms with Gasteiger partial charge in [0.05, 0.1) is 0 Å². The van der Waals surface area contributed by atoms with Crippen LogP contribution in [0.5, 0.6) is 0 Å². The molecule has 1 aliphatic heterocycles. The summed E-state index contributed by atoms with van der Waals surface area (Å²) in [7, 11) is 0. The summed E-state index contributed by atoms with van der Waals surface area (Å²) in [6, 6.07) is 22.5. The second-order valence-corrected chi connectivity index (χ2v) is 9.03.